The van der Waals surface area contributed by atoms with Gasteiger partial charge in [0.2, 0.25) is 20.0 Å². The maximum atomic E-state index is 12.3. The third-order valence-electron chi connectivity index (χ3n) is 3.50. The molecule has 118 valence electrons. The van der Waals surface area contributed by atoms with Crippen LogP contribution in [0.3, 0.4) is 0 Å². The van der Waals surface area contributed by atoms with Crippen LogP contribution in [0.4, 0.5) is 0 Å². The van der Waals surface area contributed by atoms with Crippen molar-refractivity contribution in [3.05, 3.63) is 29.8 Å². The lowest BCUT2D eigenvalue weighted by Crippen LogP contribution is -2.28. The Morgan fingerprint density at radius 2 is 1.62 bits per heavy atom. The van der Waals surface area contributed by atoms with Gasteiger partial charge in [-0.1, -0.05) is 12.1 Å². The first kappa shape index (κ1) is 16.4. The number of sulfonamides is 2. The van der Waals surface area contributed by atoms with Crippen LogP contribution in [0.25, 0.3) is 0 Å². The Morgan fingerprint density at radius 1 is 1.05 bits per heavy atom. The lowest BCUT2D eigenvalue weighted by molar-refractivity contribution is 0.477. The highest BCUT2D eigenvalue weighted by Crippen LogP contribution is 2.21. The fraction of sp³-hybridized carbons (Fsp3) is 0.538. The Morgan fingerprint density at radius 3 is 2.14 bits per heavy atom. The van der Waals surface area contributed by atoms with Gasteiger partial charge in [-0.25, -0.2) is 21.6 Å². The molecule has 0 radical (unpaired) electrons. The highest BCUT2D eigenvalue weighted by atomic mass is 32.2. The van der Waals surface area contributed by atoms with Crippen molar-refractivity contribution >= 4 is 20.0 Å². The lowest BCUT2D eigenvalue weighted by Gasteiger charge is -2.15. The van der Waals surface area contributed by atoms with E-state index in [0.29, 0.717) is 13.1 Å². The van der Waals surface area contributed by atoms with Crippen LogP contribution in [-0.2, 0) is 26.6 Å². The molecule has 0 aliphatic carbocycles. The molecule has 0 amide bonds. The zero-order valence-electron chi connectivity index (χ0n) is 11.9. The van der Waals surface area contributed by atoms with E-state index >= 15 is 0 Å². The van der Waals surface area contributed by atoms with E-state index in [-0.39, 0.29) is 17.2 Å². The van der Waals surface area contributed by atoms with Gasteiger partial charge in [0.25, 0.3) is 0 Å². The molecule has 1 aliphatic rings. The molecular weight excluding hydrogens is 312 g/mol. The van der Waals surface area contributed by atoms with Gasteiger partial charge in [0.1, 0.15) is 0 Å². The summed E-state index contributed by atoms with van der Waals surface area (Å²) in [6.45, 7) is 2.87. The molecule has 0 spiro atoms. The van der Waals surface area contributed by atoms with Crippen LogP contribution >= 0.6 is 0 Å². The van der Waals surface area contributed by atoms with Gasteiger partial charge in [-0.05, 0) is 37.5 Å². The van der Waals surface area contributed by atoms with Crippen LogP contribution in [0.5, 0.6) is 0 Å². The van der Waals surface area contributed by atoms with Gasteiger partial charge in [0.05, 0.1) is 10.6 Å². The van der Waals surface area contributed by atoms with Crippen molar-refractivity contribution in [2.75, 3.05) is 18.8 Å². The summed E-state index contributed by atoms with van der Waals surface area (Å²) in [5, 5.41) is 0. The van der Waals surface area contributed by atoms with Crippen LogP contribution in [0.1, 0.15) is 25.3 Å². The maximum absolute atomic E-state index is 12.3. The van der Waals surface area contributed by atoms with Crippen molar-refractivity contribution in [2.45, 2.75) is 31.2 Å². The van der Waals surface area contributed by atoms with Crippen LogP contribution in [0, 0.1) is 0 Å². The molecule has 8 heteroatoms. The SMILES string of the molecule is CCS(=O)(=O)NCc1ccc(S(=O)(=O)N2CCCC2)cc1. The monoisotopic (exact) mass is 332 g/mol. The Bertz CT molecular complexity index is 675. The second-order valence-corrected chi connectivity index (χ2v) is 9.01. The second-order valence-electron chi connectivity index (χ2n) is 4.98. The minimum atomic E-state index is -3.41. The summed E-state index contributed by atoms with van der Waals surface area (Å²) in [5.74, 6) is 0.0222. The largest absolute Gasteiger partial charge is 0.243 e. The quantitative estimate of drug-likeness (QED) is 0.839. The molecular formula is C13H20N2O4S2. The first-order chi connectivity index (χ1) is 9.85. The summed E-state index contributed by atoms with van der Waals surface area (Å²) < 4.78 is 51.3. The van der Waals surface area contributed by atoms with Crippen molar-refractivity contribution < 1.29 is 16.8 Å². The third-order valence-corrected chi connectivity index (χ3v) is 6.76. The van der Waals surface area contributed by atoms with Gasteiger partial charge < -0.3 is 0 Å². The summed E-state index contributed by atoms with van der Waals surface area (Å²) in [6, 6.07) is 6.34. The predicted octanol–water partition coefficient (Wildman–Crippen LogP) is 0.910. The van der Waals surface area contributed by atoms with Gasteiger partial charge >= 0.3 is 0 Å². The molecule has 1 aromatic rings. The van der Waals surface area contributed by atoms with E-state index in [4.69, 9.17) is 0 Å². The average Bonchev–Trinajstić information content (AvgIpc) is 3.01. The number of nitrogens with one attached hydrogen (secondary N) is 1. The normalized spacial score (nSPS) is 17.2. The number of hydrogen-bond acceptors (Lipinski definition) is 4. The van der Waals surface area contributed by atoms with Crippen LogP contribution in [0.15, 0.2) is 29.2 Å². The molecule has 6 nitrogen and oxygen atoms in total. The molecule has 1 aliphatic heterocycles. The number of rotatable bonds is 6. The Labute approximate surface area is 126 Å². The average molecular weight is 332 g/mol. The van der Waals surface area contributed by atoms with E-state index in [1.807, 2.05) is 0 Å². The standard InChI is InChI=1S/C13H20N2O4S2/c1-2-20(16,17)14-11-12-5-7-13(8-6-12)21(18,19)15-9-3-4-10-15/h5-8,14H,2-4,9-11H2,1H3. The predicted molar refractivity (Wildman–Crippen MR) is 80.7 cm³/mol. The van der Waals surface area contributed by atoms with Gasteiger partial charge in [-0.3, -0.25) is 0 Å². The highest BCUT2D eigenvalue weighted by Gasteiger charge is 2.26. The molecule has 2 rings (SSSR count). The Hall–Kier alpha value is -0.960. The van der Waals surface area contributed by atoms with Crippen LogP contribution < -0.4 is 4.72 Å². The van der Waals surface area contributed by atoms with Crippen molar-refractivity contribution in [3.63, 3.8) is 0 Å². The summed E-state index contributed by atoms with van der Waals surface area (Å²) in [6.07, 6.45) is 1.80. The zero-order valence-corrected chi connectivity index (χ0v) is 13.6. The lowest BCUT2D eigenvalue weighted by atomic mass is 10.2. The number of nitrogens with zero attached hydrogens (tertiary/aromatic N) is 1. The molecule has 0 saturated carbocycles. The molecule has 0 unspecified atom stereocenters. The van der Waals surface area contributed by atoms with Gasteiger partial charge in [0, 0.05) is 19.6 Å². The summed E-state index contributed by atoms with van der Waals surface area (Å²) >= 11 is 0. The van der Waals surface area contributed by atoms with Crippen molar-refractivity contribution in [1.82, 2.24) is 9.03 Å². The van der Waals surface area contributed by atoms with E-state index in [9.17, 15) is 16.8 Å². The first-order valence-electron chi connectivity index (χ1n) is 6.91. The number of hydrogen-bond donors (Lipinski definition) is 1. The Balaban J connectivity index is 2.08. The van der Waals surface area contributed by atoms with E-state index in [2.05, 4.69) is 4.72 Å². The molecule has 0 bridgehead atoms. The number of benzene rings is 1. The third kappa shape index (κ3) is 4.03. The van der Waals surface area contributed by atoms with Crippen molar-refractivity contribution in [3.8, 4) is 0 Å². The highest BCUT2D eigenvalue weighted by molar-refractivity contribution is 7.89. The molecule has 1 saturated heterocycles. The smallest absolute Gasteiger partial charge is 0.212 e. The maximum Gasteiger partial charge on any atom is 0.243 e. The zero-order chi connectivity index (χ0) is 15.5. The van der Waals surface area contributed by atoms with Gasteiger partial charge in [-0.15, -0.1) is 0 Å². The van der Waals surface area contributed by atoms with E-state index in [1.165, 1.54) is 16.4 Å². The molecule has 1 N–H and O–H groups in total. The van der Waals surface area contributed by atoms with Crippen LogP contribution in [-0.4, -0.2) is 40.0 Å². The molecule has 0 aromatic heterocycles. The van der Waals surface area contributed by atoms with E-state index < -0.39 is 20.0 Å². The summed E-state index contributed by atoms with van der Waals surface area (Å²) in [5.41, 5.74) is 0.729. The fourth-order valence-electron chi connectivity index (χ4n) is 2.15. The first-order valence-corrected chi connectivity index (χ1v) is 10.0. The van der Waals surface area contributed by atoms with Crippen LogP contribution in [0.2, 0.25) is 0 Å². The second kappa shape index (κ2) is 6.43. The fourth-order valence-corrected chi connectivity index (χ4v) is 4.26. The molecule has 1 heterocycles. The molecule has 21 heavy (non-hydrogen) atoms. The van der Waals surface area contributed by atoms with E-state index in [1.54, 1.807) is 19.1 Å². The Kier molecular flexibility index (Phi) is 5.03. The topological polar surface area (TPSA) is 83.5 Å². The summed E-state index contributed by atoms with van der Waals surface area (Å²) in [7, 11) is -6.65. The minimum absolute atomic E-state index is 0.0222. The van der Waals surface area contributed by atoms with Crippen molar-refractivity contribution in [2.24, 2.45) is 0 Å². The molecule has 0 atom stereocenters. The van der Waals surface area contributed by atoms with Gasteiger partial charge in [-0.2, -0.15) is 4.31 Å². The van der Waals surface area contributed by atoms with E-state index in [0.717, 1.165) is 18.4 Å². The molecule has 1 aromatic carbocycles. The van der Waals surface area contributed by atoms with Gasteiger partial charge in [0.15, 0.2) is 0 Å². The van der Waals surface area contributed by atoms with Crippen molar-refractivity contribution in [1.29, 1.82) is 0 Å². The minimum Gasteiger partial charge on any atom is -0.212 e. The molecule has 1 fully saturated rings. The summed E-state index contributed by atoms with van der Waals surface area (Å²) in [4.78, 5) is 0.256.